The first kappa shape index (κ1) is 18.5. The van der Waals surface area contributed by atoms with E-state index < -0.39 is 0 Å². The molecule has 28 heavy (non-hydrogen) atoms. The number of carbonyl (C=O) groups is 2. The number of amides is 2. The Balaban J connectivity index is 1.23. The van der Waals surface area contributed by atoms with E-state index in [9.17, 15) is 9.59 Å². The van der Waals surface area contributed by atoms with Crippen molar-refractivity contribution in [3.05, 3.63) is 65.0 Å². The van der Waals surface area contributed by atoms with Gasteiger partial charge in [0.2, 0.25) is 0 Å². The maximum absolute atomic E-state index is 12.4. The summed E-state index contributed by atoms with van der Waals surface area (Å²) in [4.78, 5) is 24.1. The minimum Gasteiger partial charge on any atom is -0.484 e. The normalized spacial score (nSPS) is 13.3. The molecule has 1 aliphatic rings. The molecular formula is C22H22N2O3S. The predicted molar refractivity (Wildman–Crippen MR) is 111 cm³/mol. The molecule has 6 heteroatoms. The predicted octanol–water partition coefficient (Wildman–Crippen LogP) is 3.53. The van der Waals surface area contributed by atoms with Crippen LogP contribution in [-0.2, 0) is 11.2 Å². The van der Waals surface area contributed by atoms with Crippen molar-refractivity contribution < 1.29 is 14.3 Å². The number of thiophene rings is 1. The smallest absolute Gasteiger partial charge is 0.258 e. The molecule has 5 nitrogen and oxygen atoms in total. The van der Waals surface area contributed by atoms with E-state index in [1.165, 1.54) is 0 Å². The molecule has 2 N–H and O–H groups in total. The molecule has 2 aromatic carbocycles. The van der Waals surface area contributed by atoms with E-state index in [0.717, 1.165) is 40.5 Å². The molecule has 0 unspecified atom stereocenters. The van der Waals surface area contributed by atoms with E-state index in [1.807, 2.05) is 53.9 Å². The van der Waals surface area contributed by atoms with Gasteiger partial charge in [0.1, 0.15) is 5.75 Å². The van der Waals surface area contributed by atoms with Gasteiger partial charge in [-0.25, -0.2) is 0 Å². The van der Waals surface area contributed by atoms with E-state index in [0.29, 0.717) is 18.3 Å². The Hall–Kier alpha value is -2.86. The fourth-order valence-electron chi connectivity index (χ4n) is 2.97. The van der Waals surface area contributed by atoms with Crippen LogP contribution in [0, 0.1) is 0 Å². The van der Waals surface area contributed by atoms with Crippen molar-refractivity contribution in [1.29, 1.82) is 0 Å². The van der Waals surface area contributed by atoms with Gasteiger partial charge in [0.15, 0.2) is 6.61 Å². The van der Waals surface area contributed by atoms with Crippen LogP contribution in [0.25, 0.3) is 10.1 Å². The lowest BCUT2D eigenvalue weighted by atomic mass is 10.1. The molecule has 0 bridgehead atoms. The van der Waals surface area contributed by atoms with Crippen LogP contribution in [-0.4, -0.2) is 31.0 Å². The molecule has 0 spiro atoms. The standard InChI is InChI=1S/C22H22N2O3S/c25-21(24-16-7-8-16)13-27-17-9-5-15(6-10-17)11-12-23-22(26)19-14-28-20-4-2-1-3-18(19)20/h1-6,9-10,14,16H,7-8,11-13H2,(H,23,26)(H,24,25). The van der Waals surface area contributed by atoms with E-state index in [-0.39, 0.29) is 18.4 Å². The second-order valence-corrected chi connectivity index (χ2v) is 7.84. The van der Waals surface area contributed by atoms with Crippen LogP contribution in [0.2, 0.25) is 0 Å². The van der Waals surface area contributed by atoms with E-state index in [1.54, 1.807) is 11.3 Å². The third-order valence-corrected chi connectivity index (χ3v) is 5.62. The summed E-state index contributed by atoms with van der Waals surface area (Å²) < 4.78 is 6.62. The zero-order valence-electron chi connectivity index (χ0n) is 15.4. The molecule has 1 aromatic heterocycles. The van der Waals surface area contributed by atoms with Crippen molar-refractivity contribution in [3.8, 4) is 5.75 Å². The summed E-state index contributed by atoms with van der Waals surface area (Å²) in [6.07, 6.45) is 2.87. The molecule has 0 aliphatic heterocycles. The number of fused-ring (bicyclic) bond motifs is 1. The third-order valence-electron chi connectivity index (χ3n) is 4.66. The number of rotatable bonds is 8. The first-order valence-corrected chi connectivity index (χ1v) is 10.3. The maximum atomic E-state index is 12.4. The van der Waals surface area contributed by atoms with Gasteiger partial charge in [-0.05, 0) is 43.0 Å². The quantitative estimate of drug-likeness (QED) is 0.614. The summed E-state index contributed by atoms with van der Waals surface area (Å²) in [6, 6.07) is 15.9. The minimum atomic E-state index is -0.0738. The molecule has 2 amide bonds. The third kappa shape index (κ3) is 4.70. The van der Waals surface area contributed by atoms with Gasteiger partial charge in [-0.3, -0.25) is 9.59 Å². The maximum Gasteiger partial charge on any atom is 0.258 e. The van der Waals surface area contributed by atoms with Crippen molar-refractivity contribution in [2.75, 3.05) is 13.2 Å². The van der Waals surface area contributed by atoms with Crippen LogP contribution in [0.3, 0.4) is 0 Å². The van der Waals surface area contributed by atoms with Gasteiger partial charge < -0.3 is 15.4 Å². The molecule has 0 saturated heterocycles. The molecule has 1 saturated carbocycles. The number of hydrogen-bond acceptors (Lipinski definition) is 4. The summed E-state index contributed by atoms with van der Waals surface area (Å²) in [6.45, 7) is 0.605. The summed E-state index contributed by atoms with van der Waals surface area (Å²) in [5.41, 5.74) is 1.83. The van der Waals surface area contributed by atoms with Crippen LogP contribution >= 0.6 is 11.3 Å². The second-order valence-electron chi connectivity index (χ2n) is 6.93. The Bertz CT molecular complexity index is 977. The van der Waals surface area contributed by atoms with E-state index in [4.69, 9.17) is 4.74 Å². The first-order chi connectivity index (χ1) is 13.7. The molecule has 1 fully saturated rings. The van der Waals surface area contributed by atoms with Gasteiger partial charge in [0.05, 0.1) is 5.56 Å². The van der Waals surface area contributed by atoms with Gasteiger partial charge in [0.25, 0.3) is 11.8 Å². The Morgan fingerprint density at radius 1 is 1.07 bits per heavy atom. The number of carbonyl (C=O) groups excluding carboxylic acids is 2. The second kappa shape index (κ2) is 8.44. The SMILES string of the molecule is O=C(COc1ccc(CCNC(=O)c2csc3ccccc23)cc1)NC1CC1. The Labute approximate surface area is 167 Å². The zero-order valence-corrected chi connectivity index (χ0v) is 16.3. The van der Waals surface area contributed by atoms with Crippen LogP contribution in [0.1, 0.15) is 28.8 Å². The van der Waals surface area contributed by atoms with Gasteiger partial charge in [0, 0.05) is 28.1 Å². The van der Waals surface area contributed by atoms with Crippen LogP contribution in [0.15, 0.2) is 53.9 Å². The van der Waals surface area contributed by atoms with Crippen molar-refractivity contribution >= 4 is 33.2 Å². The first-order valence-electron chi connectivity index (χ1n) is 9.44. The highest BCUT2D eigenvalue weighted by Crippen LogP contribution is 2.25. The summed E-state index contributed by atoms with van der Waals surface area (Å²) in [7, 11) is 0. The highest BCUT2D eigenvalue weighted by molar-refractivity contribution is 7.17. The van der Waals surface area contributed by atoms with Gasteiger partial charge in [-0.2, -0.15) is 0 Å². The minimum absolute atomic E-state index is 0.0422. The van der Waals surface area contributed by atoms with E-state index in [2.05, 4.69) is 10.6 Å². The molecule has 3 aromatic rings. The van der Waals surface area contributed by atoms with Crippen LogP contribution in [0.4, 0.5) is 0 Å². The van der Waals surface area contributed by atoms with Crippen LogP contribution < -0.4 is 15.4 Å². The number of nitrogens with one attached hydrogen (secondary N) is 2. The fraction of sp³-hybridized carbons (Fsp3) is 0.273. The van der Waals surface area contributed by atoms with Gasteiger partial charge in [-0.1, -0.05) is 30.3 Å². The van der Waals surface area contributed by atoms with Crippen molar-refractivity contribution in [2.45, 2.75) is 25.3 Å². The lowest BCUT2D eigenvalue weighted by molar-refractivity contribution is -0.123. The highest BCUT2D eigenvalue weighted by Gasteiger charge is 2.23. The Morgan fingerprint density at radius 2 is 1.86 bits per heavy atom. The lowest BCUT2D eigenvalue weighted by Gasteiger charge is -2.08. The molecule has 1 heterocycles. The topological polar surface area (TPSA) is 67.4 Å². The van der Waals surface area contributed by atoms with Gasteiger partial charge >= 0.3 is 0 Å². The molecule has 144 valence electrons. The largest absolute Gasteiger partial charge is 0.484 e. The highest BCUT2D eigenvalue weighted by atomic mass is 32.1. The van der Waals surface area contributed by atoms with Crippen molar-refractivity contribution in [2.24, 2.45) is 0 Å². The monoisotopic (exact) mass is 394 g/mol. The molecule has 4 rings (SSSR count). The lowest BCUT2D eigenvalue weighted by Crippen LogP contribution is -2.30. The Kier molecular flexibility index (Phi) is 5.58. The molecule has 1 aliphatic carbocycles. The fourth-order valence-corrected chi connectivity index (χ4v) is 3.91. The van der Waals surface area contributed by atoms with Crippen LogP contribution in [0.5, 0.6) is 5.75 Å². The average Bonchev–Trinajstić information content (AvgIpc) is 3.42. The Morgan fingerprint density at radius 3 is 2.64 bits per heavy atom. The van der Waals surface area contributed by atoms with Gasteiger partial charge in [-0.15, -0.1) is 11.3 Å². The number of ether oxygens (including phenoxy) is 1. The summed E-state index contributed by atoms with van der Waals surface area (Å²) in [5, 5.41) is 8.79. The number of hydrogen-bond donors (Lipinski definition) is 2. The average molecular weight is 394 g/mol. The molecule has 0 radical (unpaired) electrons. The zero-order chi connectivity index (χ0) is 19.3. The summed E-state index contributed by atoms with van der Waals surface area (Å²) >= 11 is 1.58. The molecule has 0 atom stereocenters. The van der Waals surface area contributed by atoms with E-state index >= 15 is 0 Å². The number of benzene rings is 2. The molecular weight excluding hydrogens is 372 g/mol. The van der Waals surface area contributed by atoms with Crippen molar-refractivity contribution in [3.63, 3.8) is 0 Å². The van der Waals surface area contributed by atoms with Crippen molar-refractivity contribution in [1.82, 2.24) is 10.6 Å². The summed E-state index contributed by atoms with van der Waals surface area (Å²) in [5.74, 6) is 0.554.